The van der Waals surface area contributed by atoms with Crippen molar-refractivity contribution in [2.45, 2.75) is 33.2 Å². The summed E-state index contributed by atoms with van der Waals surface area (Å²) in [6.45, 7) is 8.59. The lowest BCUT2D eigenvalue weighted by Crippen LogP contribution is -2.33. The lowest BCUT2D eigenvalue weighted by atomic mass is 10.1. The number of benzene rings is 1. The number of nitrogens with zero attached hydrogens (tertiary/aromatic N) is 1. The number of hydrogen-bond acceptors (Lipinski definition) is 4. The Balaban J connectivity index is 1.82. The topological polar surface area (TPSA) is 50.8 Å². The molecular weight excluding hydrogens is 268 g/mol. The van der Waals surface area contributed by atoms with Crippen LogP contribution in [0.5, 0.6) is 11.5 Å². The second-order valence-corrected chi connectivity index (χ2v) is 5.10. The van der Waals surface area contributed by atoms with Crippen LogP contribution in [0, 0.1) is 0 Å². The summed E-state index contributed by atoms with van der Waals surface area (Å²) in [6.07, 6.45) is 0.524. The van der Waals surface area contributed by atoms with E-state index in [4.69, 9.17) is 9.47 Å². The van der Waals surface area contributed by atoms with Crippen molar-refractivity contribution in [2.75, 3.05) is 26.4 Å². The largest absolute Gasteiger partial charge is 0.454 e. The predicted octanol–water partition coefficient (Wildman–Crippen LogP) is 2.32. The summed E-state index contributed by atoms with van der Waals surface area (Å²) in [7, 11) is 0. The van der Waals surface area contributed by atoms with Gasteiger partial charge >= 0.3 is 0 Å². The van der Waals surface area contributed by atoms with Crippen LogP contribution in [0.3, 0.4) is 0 Å². The van der Waals surface area contributed by atoms with Crippen molar-refractivity contribution in [1.82, 2.24) is 10.2 Å². The fourth-order valence-corrected chi connectivity index (χ4v) is 2.43. The SMILES string of the molecule is CCN(CC)C(=O)CCNC(C)c1ccc2c(c1)OCO2. The number of fused-ring (bicyclic) bond motifs is 1. The minimum absolute atomic E-state index is 0.170. The van der Waals surface area contributed by atoms with E-state index in [1.54, 1.807) is 0 Å². The molecule has 0 fully saturated rings. The molecule has 1 heterocycles. The zero-order chi connectivity index (χ0) is 15.2. The summed E-state index contributed by atoms with van der Waals surface area (Å²) in [6, 6.07) is 6.12. The van der Waals surface area contributed by atoms with Crippen LogP contribution in [0.1, 0.15) is 38.8 Å². The second-order valence-electron chi connectivity index (χ2n) is 5.10. The van der Waals surface area contributed by atoms with E-state index in [1.165, 1.54) is 0 Å². The Kier molecular flexibility index (Phi) is 5.44. The van der Waals surface area contributed by atoms with Gasteiger partial charge in [-0.3, -0.25) is 4.79 Å². The zero-order valence-electron chi connectivity index (χ0n) is 13.0. The van der Waals surface area contributed by atoms with Gasteiger partial charge in [-0.2, -0.15) is 0 Å². The lowest BCUT2D eigenvalue weighted by molar-refractivity contribution is -0.130. The van der Waals surface area contributed by atoms with Gasteiger partial charge in [0.15, 0.2) is 11.5 Å². The summed E-state index contributed by atoms with van der Waals surface area (Å²) in [5.74, 6) is 1.79. The third kappa shape index (κ3) is 3.88. The summed E-state index contributed by atoms with van der Waals surface area (Å²) < 4.78 is 10.7. The van der Waals surface area contributed by atoms with E-state index in [0.29, 0.717) is 19.8 Å². The van der Waals surface area contributed by atoms with Crippen molar-refractivity contribution >= 4 is 5.91 Å². The van der Waals surface area contributed by atoms with Gasteiger partial charge in [0.2, 0.25) is 12.7 Å². The van der Waals surface area contributed by atoms with Crippen LogP contribution >= 0.6 is 0 Å². The molecular formula is C16H24N2O3. The Morgan fingerprint density at radius 1 is 1.29 bits per heavy atom. The van der Waals surface area contributed by atoms with E-state index >= 15 is 0 Å². The average Bonchev–Trinajstić information content (AvgIpc) is 2.95. The normalized spacial score (nSPS) is 14.0. The van der Waals surface area contributed by atoms with Gasteiger partial charge in [0.1, 0.15) is 0 Å². The molecule has 1 amide bonds. The van der Waals surface area contributed by atoms with E-state index in [0.717, 1.165) is 30.2 Å². The molecule has 1 aliphatic rings. The van der Waals surface area contributed by atoms with Gasteiger partial charge in [-0.05, 0) is 38.5 Å². The van der Waals surface area contributed by atoms with Gasteiger partial charge in [-0.25, -0.2) is 0 Å². The maximum Gasteiger partial charge on any atom is 0.231 e. The summed E-state index contributed by atoms with van der Waals surface area (Å²) in [4.78, 5) is 13.8. The van der Waals surface area contributed by atoms with Gasteiger partial charge in [0, 0.05) is 32.1 Å². The highest BCUT2D eigenvalue weighted by atomic mass is 16.7. The number of carbonyl (C=O) groups excluding carboxylic acids is 1. The van der Waals surface area contributed by atoms with Crippen molar-refractivity contribution in [3.8, 4) is 11.5 Å². The van der Waals surface area contributed by atoms with Gasteiger partial charge in [0.05, 0.1) is 0 Å². The molecule has 116 valence electrons. The van der Waals surface area contributed by atoms with E-state index in [2.05, 4.69) is 12.2 Å². The molecule has 0 aromatic heterocycles. The molecule has 0 saturated heterocycles. The first-order valence-corrected chi connectivity index (χ1v) is 7.56. The van der Waals surface area contributed by atoms with Crippen molar-refractivity contribution in [1.29, 1.82) is 0 Å². The number of carbonyl (C=O) groups is 1. The molecule has 1 atom stereocenters. The maximum atomic E-state index is 11.9. The third-order valence-electron chi connectivity index (χ3n) is 3.80. The van der Waals surface area contributed by atoms with E-state index in [-0.39, 0.29) is 11.9 Å². The van der Waals surface area contributed by atoms with Gasteiger partial charge in [-0.1, -0.05) is 6.07 Å². The van der Waals surface area contributed by atoms with Gasteiger partial charge < -0.3 is 19.7 Å². The van der Waals surface area contributed by atoms with Crippen LogP contribution < -0.4 is 14.8 Å². The summed E-state index contributed by atoms with van der Waals surface area (Å²) in [5.41, 5.74) is 1.13. The van der Waals surface area contributed by atoms with Crippen molar-refractivity contribution < 1.29 is 14.3 Å². The Labute approximate surface area is 126 Å². The van der Waals surface area contributed by atoms with Crippen LogP contribution in [-0.2, 0) is 4.79 Å². The Bertz CT molecular complexity index is 486. The predicted molar refractivity (Wildman–Crippen MR) is 81.5 cm³/mol. The van der Waals surface area contributed by atoms with Gasteiger partial charge in [-0.15, -0.1) is 0 Å². The van der Waals surface area contributed by atoms with E-state index in [1.807, 2.05) is 36.9 Å². The number of amides is 1. The smallest absolute Gasteiger partial charge is 0.231 e. The third-order valence-corrected chi connectivity index (χ3v) is 3.80. The minimum atomic E-state index is 0.170. The number of ether oxygens (including phenoxy) is 2. The van der Waals surface area contributed by atoms with Crippen molar-refractivity contribution in [3.05, 3.63) is 23.8 Å². The molecule has 0 bridgehead atoms. The van der Waals surface area contributed by atoms with E-state index in [9.17, 15) is 4.79 Å². The van der Waals surface area contributed by atoms with Gasteiger partial charge in [0.25, 0.3) is 0 Å². The quantitative estimate of drug-likeness (QED) is 0.838. The zero-order valence-corrected chi connectivity index (χ0v) is 13.0. The second kappa shape index (κ2) is 7.31. The van der Waals surface area contributed by atoms with Crippen molar-refractivity contribution in [3.63, 3.8) is 0 Å². The molecule has 0 spiro atoms. The first kappa shape index (κ1) is 15.6. The molecule has 0 aliphatic carbocycles. The first-order chi connectivity index (χ1) is 10.2. The molecule has 1 N–H and O–H groups in total. The number of hydrogen-bond donors (Lipinski definition) is 1. The number of rotatable bonds is 7. The average molecular weight is 292 g/mol. The highest BCUT2D eigenvalue weighted by molar-refractivity contribution is 5.76. The molecule has 1 aromatic carbocycles. The minimum Gasteiger partial charge on any atom is -0.454 e. The van der Waals surface area contributed by atoms with Crippen LogP contribution in [0.2, 0.25) is 0 Å². The molecule has 1 aliphatic heterocycles. The first-order valence-electron chi connectivity index (χ1n) is 7.56. The monoisotopic (exact) mass is 292 g/mol. The fraction of sp³-hybridized carbons (Fsp3) is 0.562. The molecule has 0 radical (unpaired) electrons. The molecule has 2 rings (SSSR count). The number of nitrogens with one attached hydrogen (secondary N) is 1. The fourth-order valence-electron chi connectivity index (χ4n) is 2.43. The van der Waals surface area contributed by atoms with Crippen LogP contribution in [0.25, 0.3) is 0 Å². The van der Waals surface area contributed by atoms with Crippen LogP contribution in [0.4, 0.5) is 0 Å². The molecule has 5 heteroatoms. The molecule has 1 unspecified atom stereocenters. The Hall–Kier alpha value is -1.75. The lowest BCUT2D eigenvalue weighted by Gasteiger charge is -2.20. The Morgan fingerprint density at radius 2 is 2.00 bits per heavy atom. The molecule has 0 saturated carbocycles. The standard InChI is InChI=1S/C16H24N2O3/c1-4-18(5-2)16(19)8-9-17-12(3)13-6-7-14-15(10-13)21-11-20-14/h6-7,10,12,17H,4-5,8-9,11H2,1-3H3. The highest BCUT2D eigenvalue weighted by Gasteiger charge is 2.16. The van der Waals surface area contributed by atoms with Crippen LogP contribution in [0.15, 0.2) is 18.2 Å². The molecule has 1 aromatic rings. The maximum absolute atomic E-state index is 11.9. The highest BCUT2D eigenvalue weighted by Crippen LogP contribution is 2.34. The van der Waals surface area contributed by atoms with Crippen LogP contribution in [-0.4, -0.2) is 37.2 Å². The van der Waals surface area contributed by atoms with Crippen molar-refractivity contribution in [2.24, 2.45) is 0 Å². The molecule has 5 nitrogen and oxygen atoms in total. The molecule has 21 heavy (non-hydrogen) atoms. The van der Waals surface area contributed by atoms with E-state index < -0.39 is 0 Å². The summed E-state index contributed by atoms with van der Waals surface area (Å²) >= 11 is 0. The summed E-state index contributed by atoms with van der Waals surface area (Å²) in [5, 5.41) is 3.38. The Morgan fingerprint density at radius 3 is 2.71 bits per heavy atom.